The van der Waals surface area contributed by atoms with Crippen LogP contribution < -0.4 is 19.5 Å². The predicted octanol–water partition coefficient (Wildman–Crippen LogP) is 4.41. The first-order valence-corrected chi connectivity index (χ1v) is 11.3. The number of thioether (sulfide) groups is 1. The summed E-state index contributed by atoms with van der Waals surface area (Å²) in [5.74, 6) is 2.56. The molecule has 1 heterocycles. The molecule has 0 radical (unpaired) electrons. The van der Waals surface area contributed by atoms with Crippen molar-refractivity contribution in [1.29, 1.82) is 0 Å². The molecule has 0 atom stereocenters. The number of amides is 1. The maximum Gasteiger partial charge on any atom is 0.234 e. The molecular weight excluding hydrogens is 440 g/mol. The fourth-order valence-corrected chi connectivity index (χ4v) is 4.00. The first kappa shape index (κ1) is 24.2. The highest BCUT2D eigenvalue weighted by molar-refractivity contribution is 7.99. The zero-order valence-electron chi connectivity index (χ0n) is 19.3. The number of anilines is 1. The zero-order valence-corrected chi connectivity index (χ0v) is 20.1. The minimum absolute atomic E-state index is 0.146. The lowest BCUT2D eigenvalue weighted by Crippen LogP contribution is -2.15. The summed E-state index contributed by atoms with van der Waals surface area (Å²) in [5.41, 5.74) is 2.80. The average Bonchev–Trinajstić information content (AvgIpc) is 3.17. The summed E-state index contributed by atoms with van der Waals surface area (Å²) in [4.78, 5) is 12.6. The number of aryl methyl sites for hydroxylation is 2. The van der Waals surface area contributed by atoms with Gasteiger partial charge in [-0.05, 0) is 49.2 Å². The van der Waals surface area contributed by atoms with Crippen LogP contribution in [0, 0.1) is 13.8 Å². The molecule has 0 aliphatic rings. The summed E-state index contributed by atoms with van der Waals surface area (Å²) in [6.07, 6.45) is 1.76. The van der Waals surface area contributed by atoms with Crippen molar-refractivity contribution in [3.63, 3.8) is 0 Å². The molecule has 3 aromatic rings. The Morgan fingerprint density at radius 1 is 1.09 bits per heavy atom. The van der Waals surface area contributed by atoms with Gasteiger partial charge in [-0.3, -0.25) is 9.36 Å². The molecule has 0 fully saturated rings. The summed E-state index contributed by atoms with van der Waals surface area (Å²) in [7, 11) is 3.11. The lowest BCUT2D eigenvalue weighted by Gasteiger charge is -2.12. The number of benzene rings is 2. The Bertz CT molecular complexity index is 1110. The molecule has 1 N–H and O–H groups in total. The average molecular weight is 469 g/mol. The summed E-state index contributed by atoms with van der Waals surface area (Å²) in [5, 5.41) is 12.0. The Morgan fingerprint density at radius 3 is 2.52 bits per heavy atom. The number of nitrogens with one attached hydrogen (secondary N) is 1. The van der Waals surface area contributed by atoms with Crippen LogP contribution in [0.1, 0.15) is 17.0 Å². The van der Waals surface area contributed by atoms with Gasteiger partial charge in [-0.2, -0.15) is 0 Å². The topological polar surface area (TPSA) is 87.5 Å². The van der Waals surface area contributed by atoms with Crippen LogP contribution in [0.5, 0.6) is 17.2 Å². The predicted molar refractivity (Wildman–Crippen MR) is 129 cm³/mol. The van der Waals surface area contributed by atoms with E-state index in [1.54, 1.807) is 38.5 Å². The number of hydrogen-bond acceptors (Lipinski definition) is 7. The molecule has 174 valence electrons. The number of nitrogens with zero attached hydrogens (tertiary/aromatic N) is 3. The molecule has 2 aromatic carbocycles. The molecule has 0 unspecified atom stereocenters. The minimum atomic E-state index is -0.201. The number of carbonyl (C=O) groups is 1. The lowest BCUT2D eigenvalue weighted by atomic mass is 10.1. The van der Waals surface area contributed by atoms with E-state index in [1.165, 1.54) is 11.8 Å². The molecule has 0 aliphatic carbocycles. The van der Waals surface area contributed by atoms with E-state index in [1.807, 2.05) is 30.5 Å². The van der Waals surface area contributed by atoms with Gasteiger partial charge in [0.05, 0.1) is 25.7 Å². The molecule has 0 saturated heterocycles. The van der Waals surface area contributed by atoms with Crippen LogP contribution in [0.15, 0.2) is 54.2 Å². The summed E-state index contributed by atoms with van der Waals surface area (Å²) in [6.45, 7) is 8.64. The van der Waals surface area contributed by atoms with Gasteiger partial charge in [0.1, 0.15) is 23.9 Å². The first-order chi connectivity index (χ1) is 15.9. The fraction of sp³-hybridized carbons (Fsp3) is 0.292. The van der Waals surface area contributed by atoms with Crippen LogP contribution in [-0.2, 0) is 17.9 Å². The van der Waals surface area contributed by atoms with Crippen LogP contribution in [-0.4, -0.2) is 40.6 Å². The van der Waals surface area contributed by atoms with Crippen molar-refractivity contribution in [2.75, 3.05) is 25.3 Å². The van der Waals surface area contributed by atoms with E-state index >= 15 is 0 Å². The first-order valence-electron chi connectivity index (χ1n) is 10.3. The molecule has 1 amide bonds. The lowest BCUT2D eigenvalue weighted by molar-refractivity contribution is -0.113. The number of carbonyl (C=O) groups excluding carboxylic acids is 1. The van der Waals surface area contributed by atoms with E-state index in [0.29, 0.717) is 34.7 Å². The number of ether oxygens (including phenoxy) is 3. The van der Waals surface area contributed by atoms with Crippen molar-refractivity contribution in [3.8, 4) is 17.2 Å². The van der Waals surface area contributed by atoms with E-state index in [2.05, 4.69) is 28.2 Å². The Labute approximate surface area is 198 Å². The molecule has 9 heteroatoms. The third kappa shape index (κ3) is 6.52. The fourth-order valence-electron chi connectivity index (χ4n) is 3.24. The van der Waals surface area contributed by atoms with Gasteiger partial charge in [-0.25, -0.2) is 0 Å². The second kappa shape index (κ2) is 11.4. The van der Waals surface area contributed by atoms with Gasteiger partial charge < -0.3 is 19.5 Å². The number of hydrogen-bond donors (Lipinski definition) is 1. The van der Waals surface area contributed by atoms with Crippen LogP contribution in [0.25, 0.3) is 0 Å². The third-order valence-corrected chi connectivity index (χ3v) is 5.65. The third-order valence-electron chi connectivity index (χ3n) is 4.68. The quantitative estimate of drug-likeness (QED) is 0.329. The number of allylic oxidation sites excluding steroid dienone is 1. The summed E-state index contributed by atoms with van der Waals surface area (Å²) in [6, 6.07) is 11.3. The molecule has 0 bridgehead atoms. The number of methoxy groups -OCH3 is 2. The van der Waals surface area contributed by atoms with Gasteiger partial charge in [0.15, 0.2) is 11.0 Å². The highest BCUT2D eigenvalue weighted by Crippen LogP contribution is 2.29. The largest absolute Gasteiger partial charge is 0.497 e. The molecule has 33 heavy (non-hydrogen) atoms. The zero-order chi connectivity index (χ0) is 23.8. The van der Waals surface area contributed by atoms with Crippen LogP contribution in [0.3, 0.4) is 0 Å². The highest BCUT2D eigenvalue weighted by atomic mass is 32.2. The minimum Gasteiger partial charge on any atom is -0.497 e. The van der Waals surface area contributed by atoms with Gasteiger partial charge in [-0.1, -0.05) is 23.9 Å². The monoisotopic (exact) mass is 468 g/mol. The van der Waals surface area contributed by atoms with Crippen molar-refractivity contribution < 1.29 is 19.0 Å². The Morgan fingerprint density at radius 2 is 1.85 bits per heavy atom. The Hall–Kier alpha value is -3.46. The van der Waals surface area contributed by atoms with Crippen molar-refractivity contribution in [1.82, 2.24) is 14.8 Å². The number of rotatable bonds is 11. The van der Waals surface area contributed by atoms with Crippen LogP contribution in [0.4, 0.5) is 5.69 Å². The second-order valence-electron chi connectivity index (χ2n) is 7.31. The molecule has 1 aromatic heterocycles. The van der Waals surface area contributed by atoms with E-state index in [4.69, 9.17) is 14.2 Å². The van der Waals surface area contributed by atoms with E-state index in [0.717, 1.165) is 16.9 Å². The molecule has 3 rings (SSSR count). The SMILES string of the molecule is C=CCn1c(COc2cc(C)cc(C)c2)nnc1SCC(=O)Nc1cc(OC)ccc1OC. The molecule has 0 spiro atoms. The molecule has 0 saturated carbocycles. The highest BCUT2D eigenvalue weighted by Gasteiger charge is 2.15. The van der Waals surface area contributed by atoms with E-state index < -0.39 is 0 Å². The van der Waals surface area contributed by atoms with Crippen molar-refractivity contribution in [2.45, 2.75) is 32.2 Å². The van der Waals surface area contributed by atoms with Gasteiger partial charge in [-0.15, -0.1) is 16.8 Å². The maximum atomic E-state index is 12.6. The van der Waals surface area contributed by atoms with Crippen LogP contribution >= 0.6 is 11.8 Å². The summed E-state index contributed by atoms with van der Waals surface area (Å²) < 4.78 is 18.4. The van der Waals surface area contributed by atoms with Crippen molar-refractivity contribution in [2.24, 2.45) is 0 Å². The van der Waals surface area contributed by atoms with Crippen molar-refractivity contribution >= 4 is 23.4 Å². The van der Waals surface area contributed by atoms with Gasteiger partial charge in [0, 0.05) is 12.6 Å². The number of aromatic nitrogens is 3. The maximum absolute atomic E-state index is 12.6. The van der Waals surface area contributed by atoms with E-state index in [9.17, 15) is 4.79 Å². The van der Waals surface area contributed by atoms with Gasteiger partial charge in [0.2, 0.25) is 5.91 Å². The molecular formula is C24H28N4O4S. The molecule has 0 aliphatic heterocycles. The normalized spacial score (nSPS) is 10.5. The van der Waals surface area contributed by atoms with Gasteiger partial charge in [0.25, 0.3) is 0 Å². The van der Waals surface area contributed by atoms with E-state index in [-0.39, 0.29) is 18.3 Å². The Balaban J connectivity index is 1.65. The standard InChI is InChI=1S/C24H28N4O4S/c1-6-9-28-22(14-32-19-11-16(2)10-17(3)12-19)26-27-24(28)33-15-23(29)25-20-13-18(30-4)7-8-21(20)31-5/h6-8,10-13H,1,9,14-15H2,2-5H3,(H,25,29). The van der Waals surface area contributed by atoms with Crippen molar-refractivity contribution in [3.05, 3.63) is 66.0 Å². The summed E-state index contributed by atoms with van der Waals surface area (Å²) >= 11 is 1.29. The second-order valence-corrected chi connectivity index (χ2v) is 8.26. The van der Waals surface area contributed by atoms with Gasteiger partial charge >= 0.3 is 0 Å². The Kier molecular flexibility index (Phi) is 8.37. The van der Waals surface area contributed by atoms with Crippen LogP contribution in [0.2, 0.25) is 0 Å². The smallest absolute Gasteiger partial charge is 0.234 e. The molecule has 8 nitrogen and oxygen atoms in total.